The first kappa shape index (κ1) is 17.7. The van der Waals surface area contributed by atoms with Gasteiger partial charge in [0.1, 0.15) is 5.75 Å². The van der Waals surface area contributed by atoms with Crippen LogP contribution < -0.4 is 14.2 Å². The number of carbonyl (C=O) groups is 1. The highest BCUT2D eigenvalue weighted by atomic mass is 32.2. The lowest BCUT2D eigenvalue weighted by Gasteiger charge is -2.27. The number of ether oxygens (including phenoxy) is 3. The van der Waals surface area contributed by atoms with E-state index < -0.39 is 0 Å². The zero-order chi connectivity index (χ0) is 17.8. The first-order valence-corrected chi connectivity index (χ1v) is 9.05. The molecule has 1 saturated heterocycles. The van der Waals surface area contributed by atoms with Gasteiger partial charge in [-0.25, -0.2) is 0 Å². The van der Waals surface area contributed by atoms with Gasteiger partial charge in [-0.2, -0.15) is 4.99 Å². The second-order valence-electron chi connectivity index (χ2n) is 5.81. The zero-order valence-corrected chi connectivity index (χ0v) is 15.5. The smallest absolute Gasteiger partial charge is 0.286 e. The minimum absolute atomic E-state index is 0.206. The molecule has 0 spiro atoms. The lowest BCUT2D eigenvalue weighted by atomic mass is 10.1. The summed E-state index contributed by atoms with van der Waals surface area (Å²) in [6.07, 6.45) is 5.34. The predicted molar refractivity (Wildman–Crippen MR) is 99.5 cm³/mol. The van der Waals surface area contributed by atoms with Gasteiger partial charge in [0, 0.05) is 24.7 Å². The number of amides is 1. The van der Waals surface area contributed by atoms with E-state index in [9.17, 15) is 4.79 Å². The summed E-state index contributed by atoms with van der Waals surface area (Å²) in [5.74, 6) is 1.58. The van der Waals surface area contributed by atoms with Crippen molar-refractivity contribution < 1.29 is 19.0 Å². The Morgan fingerprint density at radius 3 is 2.28 bits per heavy atom. The van der Waals surface area contributed by atoms with Gasteiger partial charge in [-0.1, -0.05) is 0 Å². The van der Waals surface area contributed by atoms with Crippen molar-refractivity contribution in [3.63, 3.8) is 0 Å². The third-order valence-corrected chi connectivity index (χ3v) is 5.30. The zero-order valence-electron chi connectivity index (χ0n) is 14.7. The monoisotopic (exact) mass is 362 g/mol. The molecule has 2 aliphatic rings. The lowest BCUT2D eigenvalue weighted by molar-refractivity contribution is -0.113. The lowest BCUT2D eigenvalue weighted by Crippen LogP contribution is -2.33. The minimum Gasteiger partial charge on any atom is -0.496 e. The molecular formula is C18H22N2O4S. The summed E-state index contributed by atoms with van der Waals surface area (Å²) >= 11 is 1.42. The number of methoxy groups -OCH3 is 3. The van der Waals surface area contributed by atoms with Crippen molar-refractivity contribution in [2.24, 2.45) is 4.99 Å². The number of rotatable bonds is 4. The van der Waals surface area contributed by atoms with Crippen LogP contribution in [-0.4, -0.2) is 50.4 Å². The molecular weight excluding hydrogens is 340 g/mol. The van der Waals surface area contributed by atoms with E-state index in [1.54, 1.807) is 39.5 Å². The summed E-state index contributed by atoms with van der Waals surface area (Å²) in [5.41, 5.74) is 0.756. The highest BCUT2D eigenvalue weighted by Gasteiger charge is 2.27. The van der Waals surface area contributed by atoms with E-state index in [0.29, 0.717) is 22.2 Å². The van der Waals surface area contributed by atoms with Crippen LogP contribution in [0.2, 0.25) is 0 Å². The Morgan fingerprint density at radius 2 is 1.64 bits per heavy atom. The van der Waals surface area contributed by atoms with Crippen molar-refractivity contribution in [1.82, 2.24) is 4.90 Å². The number of benzene rings is 1. The first-order valence-electron chi connectivity index (χ1n) is 8.23. The van der Waals surface area contributed by atoms with Gasteiger partial charge in [0.15, 0.2) is 16.7 Å². The highest BCUT2D eigenvalue weighted by Crippen LogP contribution is 2.38. The number of hydrogen-bond acceptors (Lipinski definition) is 6. The van der Waals surface area contributed by atoms with Gasteiger partial charge in [0.2, 0.25) is 0 Å². The molecule has 0 unspecified atom stereocenters. The van der Waals surface area contributed by atoms with Crippen molar-refractivity contribution in [3.05, 3.63) is 22.6 Å². The standard InChI is InChI=1S/C18H22N2O4S/c1-22-13-11-15(24-3)14(23-2)9-12(13)10-16-17(21)19-18(25-16)20-7-5-4-6-8-20/h9-11H,4-8H2,1-3H3/b16-10+. The van der Waals surface area contributed by atoms with Crippen LogP contribution in [0.4, 0.5) is 0 Å². The summed E-state index contributed by atoms with van der Waals surface area (Å²) in [4.78, 5) is 19.3. The summed E-state index contributed by atoms with van der Waals surface area (Å²) in [7, 11) is 4.74. The molecule has 7 heteroatoms. The molecule has 0 saturated carbocycles. The molecule has 3 rings (SSSR count). The molecule has 1 amide bonds. The van der Waals surface area contributed by atoms with E-state index in [2.05, 4.69) is 9.89 Å². The number of likely N-dealkylation sites (tertiary alicyclic amines) is 1. The SMILES string of the molecule is COc1cc(OC)c(OC)cc1/C=C1/SC(N2CCCCC2)=NC1=O. The molecule has 2 aliphatic heterocycles. The maximum atomic E-state index is 12.3. The molecule has 1 aromatic rings. The van der Waals surface area contributed by atoms with Crippen LogP contribution in [0.3, 0.4) is 0 Å². The molecule has 0 aliphatic carbocycles. The van der Waals surface area contributed by atoms with Crippen molar-refractivity contribution in [2.45, 2.75) is 19.3 Å². The number of hydrogen-bond donors (Lipinski definition) is 0. The molecule has 25 heavy (non-hydrogen) atoms. The summed E-state index contributed by atoms with van der Waals surface area (Å²) in [6, 6.07) is 3.55. The van der Waals surface area contributed by atoms with E-state index in [0.717, 1.165) is 36.7 Å². The van der Waals surface area contributed by atoms with Gasteiger partial charge in [-0.15, -0.1) is 0 Å². The third kappa shape index (κ3) is 3.76. The summed E-state index contributed by atoms with van der Waals surface area (Å²) in [5, 5.41) is 0.801. The fourth-order valence-electron chi connectivity index (χ4n) is 2.93. The first-order chi connectivity index (χ1) is 12.2. The van der Waals surface area contributed by atoms with Gasteiger partial charge in [-0.05, 0) is 43.2 Å². The normalized spacial score (nSPS) is 19.2. The summed E-state index contributed by atoms with van der Waals surface area (Å²) in [6.45, 7) is 1.93. The number of nitrogens with zero attached hydrogens (tertiary/aromatic N) is 2. The van der Waals surface area contributed by atoms with Crippen molar-refractivity contribution in [2.75, 3.05) is 34.4 Å². The number of aliphatic imine (C=N–C) groups is 1. The molecule has 2 heterocycles. The van der Waals surface area contributed by atoms with E-state index in [-0.39, 0.29) is 5.91 Å². The molecule has 0 bridgehead atoms. The Morgan fingerprint density at radius 1 is 1.00 bits per heavy atom. The number of carbonyl (C=O) groups excluding carboxylic acids is 1. The van der Waals surface area contributed by atoms with E-state index in [1.807, 2.05) is 0 Å². The van der Waals surface area contributed by atoms with Crippen molar-refractivity contribution in [3.8, 4) is 17.2 Å². The van der Waals surface area contributed by atoms with Gasteiger partial charge in [-0.3, -0.25) is 4.79 Å². The fourth-order valence-corrected chi connectivity index (χ4v) is 3.88. The molecule has 0 atom stereocenters. The third-order valence-electron chi connectivity index (χ3n) is 4.26. The largest absolute Gasteiger partial charge is 0.496 e. The van der Waals surface area contributed by atoms with E-state index in [1.165, 1.54) is 18.2 Å². The molecule has 0 aromatic heterocycles. The number of thioether (sulfide) groups is 1. The van der Waals surface area contributed by atoms with Gasteiger partial charge < -0.3 is 19.1 Å². The Labute approximate surface area is 151 Å². The predicted octanol–water partition coefficient (Wildman–Crippen LogP) is 3.17. The second kappa shape index (κ2) is 7.82. The average molecular weight is 362 g/mol. The molecule has 0 N–H and O–H groups in total. The molecule has 1 aromatic carbocycles. The second-order valence-corrected chi connectivity index (χ2v) is 6.82. The Balaban J connectivity index is 1.87. The van der Waals surface area contributed by atoms with Crippen molar-refractivity contribution >= 4 is 28.9 Å². The quantitative estimate of drug-likeness (QED) is 0.767. The van der Waals surface area contributed by atoms with Crippen LogP contribution in [0.25, 0.3) is 6.08 Å². The Hall–Kier alpha value is -2.15. The van der Waals surface area contributed by atoms with Crippen molar-refractivity contribution in [1.29, 1.82) is 0 Å². The summed E-state index contributed by atoms with van der Waals surface area (Å²) < 4.78 is 16.1. The average Bonchev–Trinajstić information content (AvgIpc) is 3.02. The van der Waals surface area contributed by atoms with Gasteiger partial charge in [0.25, 0.3) is 5.91 Å². The van der Waals surface area contributed by atoms with Crippen LogP contribution in [0.5, 0.6) is 17.2 Å². The Bertz CT molecular complexity index is 724. The topological polar surface area (TPSA) is 60.4 Å². The number of piperidine rings is 1. The fraction of sp³-hybridized carbons (Fsp3) is 0.444. The van der Waals surface area contributed by atoms with Crippen LogP contribution in [0.1, 0.15) is 24.8 Å². The van der Waals surface area contributed by atoms with E-state index >= 15 is 0 Å². The Kier molecular flexibility index (Phi) is 5.53. The van der Waals surface area contributed by atoms with Crippen LogP contribution in [0, 0.1) is 0 Å². The highest BCUT2D eigenvalue weighted by molar-refractivity contribution is 8.18. The van der Waals surface area contributed by atoms with Crippen LogP contribution >= 0.6 is 11.8 Å². The van der Waals surface area contributed by atoms with Gasteiger partial charge >= 0.3 is 0 Å². The van der Waals surface area contributed by atoms with E-state index in [4.69, 9.17) is 14.2 Å². The van der Waals surface area contributed by atoms with Gasteiger partial charge in [0.05, 0.1) is 26.2 Å². The van der Waals surface area contributed by atoms with Crippen LogP contribution in [-0.2, 0) is 4.79 Å². The molecule has 134 valence electrons. The maximum Gasteiger partial charge on any atom is 0.286 e. The minimum atomic E-state index is -0.206. The number of amidine groups is 1. The maximum absolute atomic E-state index is 12.3. The molecule has 1 fully saturated rings. The van der Waals surface area contributed by atoms with Crippen LogP contribution in [0.15, 0.2) is 22.0 Å². The molecule has 6 nitrogen and oxygen atoms in total. The molecule has 0 radical (unpaired) electrons.